The van der Waals surface area contributed by atoms with Crippen molar-refractivity contribution in [3.63, 3.8) is 0 Å². The van der Waals surface area contributed by atoms with Crippen molar-refractivity contribution in [3.05, 3.63) is 28.2 Å². The Hall–Kier alpha value is -1.01. The van der Waals surface area contributed by atoms with Crippen molar-refractivity contribution in [2.24, 2.45) is 0 Å². The van der Waals surface area contributed by atoms with E-state index in [1.54, 1.807) is 18.2 Å². The number of rotatable bonds is 2. The lowest BCUT2D eigenvalue weighted by Gasteiger charge is -2.30. The van der Waals surface area contributed by atoms with E-state index in [4.69, 9.17) is 23.2 Å². The van der Waals surface area contributed by atoms with Crippen LogP contribution in [-0.2, 0) is 0 Å². The van der Waals surface area contributed by atoms with Crippen molar-refractivity contribution in [1.29, 1.82) is 0 Å². The Morgan fingerprint density at radius 3 is 2.68 bits per heavy atom. The molecule has 1 aliphatic rings. The maximum absolute atomic E-state index is 11.9. The maximum Gasteiger partial charge on any atom is 0.333 e. The lowest BCUT2D eigenvalue weighted by atomic mass is 10.3. The van der Waals surface area contributed by atoms with Gasteiger partial charge < -0.3 is 10.2 Å². The van der Waals surface area contributed by atoms with Crippen molar-refractivity contribution in [1.82, 2.24) is 10.4 Å². The van der Waals surface area contributed by atoms with Crippen LogP contribution in [0.15, 0.2) is 18.2 Å². The summed E-state index contributed by atoms with van der Waals surface area (Å²) in [7, 11) is 2.14. The van der Waals surface area contributed by atoms with E-state index in [1.807, 2.05) is 5.01 Å². The smallest absolute Gasteiger partial charge is 0.333 e. The Kier molecular flexibility index (Phi) is 4.87. The number of carbonyl (C=O) groups is 1. The highest BCUT2D eigenvalue weighted by Gasteiger charge is 2.18. The Labute approximate surface area is 122 Å². The van der Waals surface area contributed by atoms with Gasteiger partial charge in [-0.2, -0.15) is 0 Å². The molecule has 7 heteroatoms. The Morgan fingerprint density at radius 2 is 2.00 bits per heavy atom. The van der Waals surface area contributed by atoms with Gasteiger partial charge in [-0.05, 0) is 12.1 Å². The Bertz CT molecular complexity index is 461. The van der Waals surface area contributed by atoms with E-state index in [2.05, 4.69) is 17.8 Å². The molecule has 0 atom stereocenters. The fourth-order valence-corrected chi connectivity index (χ4v) is 2.24. The molecule has 104 valence electrons. The molecule has 0 aliphatic carbocycles. The normalized spacial score (nSPS) is 17.2. The first kappa shape index (κ1) is 14.4. The van der Waals surface area contributed by atoms with E-state index in [-0.39, 0.29) is 6.03 Å². The van der Waals surface area contributed by atoms with Gasteiger partial charge >= 0.3 is 6.03 Å². The first-order chi connectivity index (χ1) is 9.06. The van der Waals surface area contributed by atoms with Crippen molar-refractivity contribution < 1.29 is 9.69 Å². The zero-order chi connectivity index (χ0) is 13.8. The predicted molar refractivity (Wildman–Crippen MR) is 76.8 cm³/mol. The summed E-state index contributed by atoms with van der Waals surface area (Å²) in [4.78, 5) is 13.3. The molecule has 3 N–H and O–H groups in total. The second-order valence-electron chi connectivity index (χ2n) is 4.61. The molecule has 2 amide bonds. The third-order valence-corrected chi connectivity index (χ3v) is 3.90. The molecule has 0 aromatic heterocycles. The number of anilines is 1. The SMILES string of the molecule is C[NH+]1CCN(NC(=O)Nc2cccc(Cl)c2Cl)CC1. The summed E-state index contributed by atoms with van der Waals surface area (Å²) >= 11 is 11.9. The van der Waals surface area contributed by atoms with E-state index in [1.165, 1.54) is 4.90 Å². The van der Waals surface area contributed by atoms with E-state index < -0.39 is 0 Å². The molecule has 1 fully saturated rings. The number of benzene rings is 1. The summed E-state index contributed by atoms with van der Waals surface area (Å²) in [5.74, 6) is 0. The Morgan fingerprint density at radius 1 is 1.32 bits per heavy atom. The number of hydrazine groups is 1. The van der Waals surface area contributed by atoms with Gasteiger partial charge in [-0.25, -0.2) is 9.80 Å². The second-order valence-corrected chi connectivity index (χ2v) is 5.40. The topological polar surface area (TPSA) is 48.8 Å². The summed E-state index contributed by atoms with van der Waals surface area (Å²) in [6, 6.07) is 4.82. The molecule has 0 bridgehead atoms. The molecule has 1 saturated heterocycles. The summed E-state index contributed by atoms with van der Waals surface area (Å²) in [5.41, 5.74) is 3.31. The summed E-state index contributed by atoms with van der Waals surface area (Å²) in [6.45, 7) is 3.70. The molecular weight excluding hydrogens is 287 g/mol. The van der Waals surface area contributed by atoms with Gasteiger partial charge in [0, 0.05) is 0 Å². The average molecular weight is 304 g/mol. The minimum absolute atomic E-state index is 0.302. The number of amides is 2. The third-order valence-electron chi connectivity index (χ3n) is 3.08. The van der Waals surface area contributed by atoms with Crippen LogP contribution in [0.1, 0.15) is 0 Å². The fraction of sp³-hybridized carbons (Fsp3) is 0.417. The molecule has 0 spiro atoms. The minimum Gasteiger partial charge on any atom is -0.335 e. The monoisotopic (exact) mass is 303 g/mol. The van der Waals surface area contributed by atoms with Crippen LogP contribution in [-0.4, -0.2) is 44.3 Å². The molecule has 1 aromatic rings. The van der Waals surface area contributed by atoms with Gasteiger partial charge in [-0.1, -0.05) is 29.3 Å². The molecule has 0 radical (unpaired) electrons. The molecule has 19 heavy (non-hydrogen) atoms. The number of nitrogens with one attached hydrogen (secondary N) is 3. The number of urea groups is 1. The first-order valence-corrected chi connectivity index (χ1v) is 6.90. The summed E-state index contributed by atoms with van der Waals surface area (Å²) < 4.78 is 0. The fourth-order valence-electron chi connectivity index (χ4n) is 1.89. The lowest BCUT2D eigenvalue weighted by molar-refractivity contribution is -0.884. The highest BCUT2D eigenvalue weighted by atomic mass is 35.5. The van der Waals surface area contributed by atoms with Crippen LogP contribution in [0.25, 0.3) is 0 Å². The number of quaternary nitrogens is 1. The van der Waals surface area contributed by atoms with Crippen LogP contribution in [0.3, 0.4) is 0 Å². The highest BCUT2D eigenvalue weighted by Crippen LogP contribution is 2.29. The molecular formula is C12H17Cl2N4O+. The van der Waals surface area contributed by atoms with Gasteiger partial charge in [-0.15, -0.1) is 0 Å². The van der Waals surface area contributed by atoms with Gasteiger partial charge in [0.15, 0.2) is 0 Å². The van der Waals surface area contributed by atoms with Crippen molar-refractivity contribution in [3.8, 4) is 0 Å². The first-order valence-electron chi connectivity index (χ1n) is 6.14. The second kappa shape index (κ2) is 6.43. The number of piperazine rings is 1. The highest BCUT2D eigenvalue weighted by molar-refractivity contribution is 6.43. The molecule has 0 unspecified atom stereocenters. The molecule has 0 saturated carbocycles. The van der Waals surface area contributed by atoms with Crippen molar-refractivity contribution in [2.75, 3.05) is 38.5 Å². The van der Waals surface area contributed by atoms with Crippen LogP contribution in [0.2, 0.25) is 10.0 Å². The van der Waals surface area contributed by atoms with Gasteiger partial charge in [0.05, 0.1) is 49.0 Å². The van der Waals surface area contributed by atoms with E-state index in [0.29, 0.717) is 15.7 Å². The standard InChI is InChI=1S/C12H16Cl2N4O/c1-17-5-7-18(8-6-17)16-12(19)15-10-4-2-3-9(13)11(10)14/h2-4H,5-8H2,1H3,(H2,15,16,19)/p+1. The third kappa shape index (κ3) is 3.98. The van der Waals surface area contributed by atoms with Gasteiger partial charge in [-0.3, -0.25) is 5.43 Å². The molecule has 1 aromatic carbocycles. The number of hydrogen-bond acceptors (Lipinski definition) is 2. The molecule has 1 aliphatic heterocycles. The van der Waals surface area contributed by atoms with Crippen LogP contribution in [0.4, 0.5) is 10.5 Å². The number of nitrogens with zero attached hydrogens (tertiary/aromatic N) is 1. The van der Waals surface area contributed by atoms with Crippen LogP contribution >= 0.6 is 23.2 Å². The predicted octanol–water partition coefficient (Wildman–Crippen LogP) is 0.860. The molecule has 2 rings (SSSR count). The van der Waals surface area contributed by atoms with Crippen molar-refractivity contribution >= 4 is 34.9 Å². The largest absolute Gasteiger partial charge is 0.335 e. The lowest BCUT2D eigenvalue weighted by Crippen LogP contribution is -3.12. The van der Waals surface area contributed by atoms with E-state index in [9.17, 15) is 4.79 Å². The van der Waals surface area contributed by atoms with Crippen LogP contribution < -0.4 is 15.6 Å². The zero-order valence-electron chi connectivity index (χ0n) is 10.7. The zero-order valence-corrected chi connectivity index (χ0v) is 12.2. The van der Waals surface area contributed by atoms with Crippen LogP contribution in [0.5, 0.6) is 0 Å². The summed E-state index contributed by atoms with van der Waals surface area (Å²) in [6.07, 6.45) is 0. The number of likely N-dealkylation sites (N-methyl/N-ethyl adjacent to an activating group) is 1. The average Bonchev–Trinajstić information content (AvgIpc) is 2.38. The van der Waals surface area contributed by atoms with Crippen molar-refractivity contribution in [2.45, 2.75) is 0 Å². The van der Waals surface area contributed by atoms with Gasteiger partial charge in [0.2, 0.25) is 0 Å². The van der Waals surface area contributed by atoms with E-state index in [0.717, 1.165) is 26.2 Å². The molecule has 1 heterocycles. The van der Waals surface area contributed by atoms with Gasteiger partial charge in [0.25, 0.3) is 0 Å². The number of hydrogen-bond donors (Lipinski definition) is 3. The van der Waals surface area contributed by atoms with E-state index >= 15 is 0 Å². The quantitative estimate of drug-likeness (QED) is 0.759. The Balaban J connectivity index is 1.89. The number of carbonyl (C=O) groups excluding carboxylic acids is 1. The maximum atomic E-state index is 11.9. The van der Waals surface area contributed by atoms with Gasteiger partial charge in [0.1, 0.15) is 0 Å². The summed E-state index contributed by atoms with van der Waals surface area (Å²) in [5, 5.41) is 5.37. The minimum atomic E-state index is -0.302. The van der Waals surface area contributed by atoms with Crippen LogP contribution in [0, 0.1) is 0 Å². The molecule has 5 nitrogen and oxygen atoms in total. The number of halogens is 2.